The van der Waals surface area contributed by atoms with Crippen molar-refractivity contribution >= 4 is 0 Å². The van der Waals surface area contributed by atoms with Gasteiger partial charge in [-0.05, 0) is 88.0 Å². The Bertz CT molecular complexity index is 342. The molecular formula is C19H34N2. The predicted octanol–water partition coefficient (Wildman–Crippen LogP) is 3.67. The van der Waals surface area contributed by atoms with E-state index in [0.29, 0.717) is 5.41 Å². The van der Waals surface area contributed by atoms with Crippen LogP contribution >= 0.6 is 0 Å². The minimum Gasteiger partial charge on any atom is -0.313 e. The van der Waals surface area contributed by atoms with Crippen LogP contribution in [0.25, 0.3) is 0 Å². The molecular weight excluding hydrogens is 256 g/mol. The molecule has 1 N–H and O–H groups in total. The lowest BCUT2D eigenvalue weighted by Gasteiger charge is -2.60. The van der Waals surface area contributed by atoms with Crippen LogP contribution in [0.5, 0.6) is 0 Å². The molecule has 0 aromatic heterocycles. The number of nitrogens with zero attached hydrogens (tertiary/aromatic N) is 1. The fourth-order valence-corrected chi connectivity index (χ4v) is 6.76. The van der Waals surface area contributed by atoms with E-state index in [4.69, 9.17) is 0 Å². The summed E-state index contributed by atoms with van der Waals surface area (Å²) in [6.45, 7) is 8.72. The summed E-state index contributed by atoms with van der Waals surface area (Å²) in [5.74, 6) is 3.27. The number of hydrogen-bond acceptors (Lipinski definition) is 2. The Morgan fingerprint density at radius 1 is 1.05 bits per heavy atom. The summed E-state index contributed by atoms with van der Waals surface area (Å²) in [7, 11) is 0. The SMILES string of the molecule is CCC1CCN(C(C)C23CC4CC(CC(C4)C2)C3)CCN1. The summed E-state index contributed by atoms with van der Waals surface area (Å²) in [4.78, 5) is 2.86. The van der Waals surface area contributed by atoms with Gasteiger partial charge in [0.25, 0.3) is 0 Å². The minimum absolute atomic E-state index is 0.695. The first-order chi connectivity index (χ1) is 10.2. The lowest BCUT2D eigenvalue weighted by atomic mass is 9.47. The van der Waals surface area contributed by atoms with E-state index in [1.807, 2.05) is 0 Å². The molecule has 120 valence electrons. The zero-order valence-corrected chi connectivity index (χ0v) is 14.1. The molecule has 0 spiro atoms. The molecule has 21 heavy (non-hydrogen) atoms. The van der Waals surface area contributed by atoms with Crippen molar-refractivity contribution in [1.82, 2.24) is 10.2 Å². The third kappa shape index (κ3) is 2.57. The quantitative estimate of drug-likeness (QED) is 0.853. The van der Waals surface area contributed by atoms with E-state index in [-0.39, 0.29) is 0 Å². The summed E-state index contributed by atoms with van der Waals surface area (Å²) >= 11 is 0. The van der Waals surface area contributed by atoms with E-state index in [1.165, 1.54) is 32.5 Å². The van der Waals surface area contributed by atoms with Crippen LogP contribution in [0.1, 0.15) is 65.2 Å². The second-order valence-electron chi connectivity index (χ2n) is 8.84. The standard InChI is InChI=1S/C19H34N2/c1-3-18-4-6-21(7-5-20-18)14(2)19-11-15-8-16(12-19)10-17(9-15)13-19/h14-18,20H,3-13H2,1-2H3. The maximum atomic E-state index is 3.75. The van der Waals surface area contributed by atoms with E-state index >= 15 is 0 Å². The van der Waals surface area contributed by atoms with Crippen LogP contribution in [-0.2, 0) is 0 Å². The Morgan fingerprint density at radius 2 is 1.67 bits per heavy atom. The average Bonchev–Trinajstić information content (AvgIpc) is 2.70. The van der Waals surface area contributed by atoms with Gasteiger partial charge in [0.1, 0.15) is 0 Å². The first-order valence-electron chi connectivity index (χ1n) is 9.66. The van der Waals surface area contributed by atoms with Gasteiger partial charge in [-0.15, -0.1) is 0 Å². The molecule has 0 aromatic rings. The van der Waals surface area contributed by atoms with E-state index in [9.17, 15) is 0 Å². The van der Waals surface area contributed by atoms with Crippen molar-refractivity contribution in [1.29, 1.82) is 0 Å². The molecule has 5 rings (SSSR count). The molecule has 2 atom stereocenters. The van der Waals surface area contributed by atoms with Gasteiger partial charge in [0.05, 0.1) is 0 Å². The summed E-state index contributed by atoms with van der Waals surface area (Å²) in [6.07, 6.45) is 12.0. The fourth-order valence-electron chi connectivity index (χ4n) is 6.76. The van der Waals surface area contributed by atoms with Crippen molar-refractivity contribution < 1.29 is 0 Å². The maximum absolute atomic E-state index is 3.75. The summed E-state index contributed by atoms with van der Waals surface area (Å²) in [6, 6.07) is 1.59. The van der Waals surface area contributed by atoms with Gasteiger partial charge in [-0.2, -0.15) is 0 Å². The second-order valence-corrected chi connectivity index (χ2v) is 8.84. The fraction of sp³-hybridized carbons (Fsp3) is 1.00. The molecule has 5 fully saturated rings. The van der Waals surface area contributed by atoms with E-state index in [1.54, 1.807) is 38.5 Å². The number of nitrogens with one attached hydrogen (secondary N) is 1. The first kappa shape index (κ1) is 14.5. The molecule has 2 nitrogen and oxygen atoms in total. The number of hydrogen-bond donors (Lipinski definition) is 1. The largest absolute Gasteiger partial charge is 0.313 e. The van der Waals surface area contributed by atoms with E-state index < -0.39 is 0 Å². The Labute approximate surface area is 131 Å². The Morgan fingerprint density at radius 3 is 2.24 bits per heavy atom. The van der Waals surface area contributed by atoms with Crippen LogP contribution < -0.4 is 5.32 Å². The molecule has 0 amide bonds. The summed E-state index contributed by atoms with van der Waals surface area (Å²) < 4.78 is 0. The molecule has 0 radical (unpaired) electrons. The van der Waals surface area contributed by atoms with Crippen molar-refractivity contribution in [3.63, 3.8) is 0 Å². The highest BCUT2D eigenvalue weighted by Gasteiger charge is 2.54. The van der Waals surface area contributed by atoms with Crippen molar-refractivity contribution in [2.45, 2.75) is 77.3 Å². The topological polar surface area (TPSA) is 15.3 Å². The molecule has 4 bridgehead atoms. The highest BCUT2D eigenvalue weighted by atomic mass is 15.2. The van der Waals surface area contributed by atoms with E-state index in [2.05, 4.69) is 24.1 Å². The van der Waals surface area contributed by atoms with Gasteiger partial charge in [-0.3, -0.25) is 4.90 Å². The maximum Gasteiger partial charge on any atom is 0.0124 e. The second kappa shape index (κ2) is 5.53. The normalized spacial score (nSPS) is 48.3. The van der Waals surface area contributed by atoms with Crippen LogP contribution in [0.4, 0.5) is 0 Å². The van der Waals surface area contributed by atoms with Crippen LogP contribution in [-0.4, -0.2) is 36.6 Å². The zero-order chi connectivity index (χ0) is 14.4. The lowest BCUT2D eigenvalue weighted by molar-refractivity contribution is -0.0957. The van der Waals surface area contributed by atoms with Crippen molar-refractivity contribution in [2.24, 2.45) is 23.2 Å². The van der Waals surface area contributed by atoms with Crippen LogP contribution in [0.15, 0.2) is 0 Å². The van der Waals surface area contributed by atoms with E-state index in [0.717, 1.165) is 29.8 Å². The van der Waals surface area contributed by atoms with Gasteiger partial charge >= 0.3 is 0 Å². The first-order valence-corrected chi connectivity index (χ1v) is 9.66. The molecule has 2 unspecified atom stereocenters. The molecule has 0 aromatic carbocycles. The van der Waals surface area contributed by atoms with Gasteiger partial charge in [0, 0.05) is 25.2 Å². The molecule has 1 aliphatic heterocycles. The molecule has 4 saturated carbocycles. The average molecular weight is 290 g/mol. The molecule has 4 aliphatic carbocycles. The monoisotopic (exact) mass is 290 g/mol. The predicted molar refractivity (Wildman–Crippen MR) is 88.3 cm³/mol. The molecule has 5 aliphatic rings. The van der Waals surface area contributed by atoms with Crippen LogP contribution in [0.2, 0.25) is 0 Å². The molecule has 1 saturated heterocycles. The Hall–Kier alpha value is -0.0800. The highest BCUT2D eigenvalue weighted by Crippen LogP contribution is 2.61. The van der Waals surface area contributed by atoms with Crippen LogP contribution in [0, 0.1) is 23.2 Å². The van der Waals surface area contributed by atoms with Gasteiger partial charge in [-0.25, -0.2) is 0 Å². The van der Waals surface area contributed by atoms with Crippen molar-refractivity contribution in [3.8, 4) is 0 Å². The van der Waals surface area contributed by atoms with Gasteiger partial charge in [-0.1, -0.05) is 6.92 Å². The Balaban J connectivity index is 1.48. The van der Waals surface area contributed by atoms with Crippen LogP contribution in [0.3, 0.4) is 0 Å². The molecule has 1 heterocycles. The summed E-state index contributed by atoms with van der Waals surface area (Å²) in [5.41, 5.74) is 0.695. The lowest BCUT2D eigenvalue weighted by Crippen LogP contribution is -2.56. The highest BCUT2D eigenvalue weighted by molar-refractivity contribution is 5.05. The molecule has 2 heteroatoms. The van der Waals surface area contributed by atoms with Gasteiger partial charge in [0.2, 0.25) is 0 Å². The Kier molecular flexibility index (Phi) is 3.82. The third-order valence-corrected chi connectivity index (χ3v) is 7.61. The zero-order valence-electron chi connectivity index (χ0n) is 14.1. The third-order valence-electron chi connectivity index (χ3n) is 7.61. The smallest absolute Gasteiger partial charge is 0.0124 e. The summed E-state index contributed by atoms with van der Waals surface area (Å²) in [5, 5.41) is 3.75. The van der Waals surface area contributed by atoms with Crippen molar-refractivity contribution in [2.75, 3.05) is 19.6 Å². The number of rotatable bonds is 3. The van der Waals surface area contributed by atoms with Gasteiger partial charge < -0.3 is 5.32 Å². The van der Waals surface area contributed by atoms with Crippen molar-refractivity contribution in [3.05, 3.63) is 0 Å². The minimum atomic E-state index is 0.695. The van der Waals surface area contributed by atoms with Gasteiger partial charge in [0.15, 0.2) is 0 Å².